The van der Waals surface area contributed by atoms with E-state index in [1.54, 1.807) is 24.3 Å². The quantitative estimate of drug-likeness (QED) is 0.468. The monoisotopic (exact) mass is 356 g/mol. The maximum atomic E-state index is 12.9. The first-order chi connectivity index (χ1) is 12.0. The summed E-state index contributed by atoms with van der Waals surface area (Å²) in [6.07, 6.45) is 3.00. The van der Waals surface area contributed by atoms with Crippen molar-refractivity contribution in [3.8, 4) is 11.8 Å². The minimum absolute atomic E-state index is 0.111. The Kier molecular flexibility index (Phi) is 6.33. The number of ether oxygens (including phenoxy) is 1. The van der Waals surface area contributed by atoms with Gasteiger partial charge in [0, 0.05) is 5.69 Å². The van der Waals surface area contributed by atoms with Crippen LogP contribution < -0.4 is 10.1 Å². The van der Waals surface area contributed by atoms with Crippen LogP contribution in [0.25, 0.3) is 6.08 Å². The van der Waals surface area contributed by atoms with Gasteiger partial charge in [-0.25, -0.2) is 4.39 Å². The van der Waals surface area contributed by atoms with E-state index in [2.05, 4.69) is 11.9 Å². The Hall–Kier alpha value is -3.10. The first kappa shape index (κ1) is 18.2. The Morgan fingerprint density at radius 3 is 2.64 bits per heavy atom. The van der Waals surface area contributed by atoms with Crippen LogP contribution in [0.2, 0.25) is 5.02 Å². The molecule has 0 bridgehead atoms. The van der Waals surface area contributed by atoms with Gasteiger partial charge in [0.1, 0.15) is 29.8 Å². The molecule has 0 unspecified atom stereocenters. The number of halogens is 2. The van der Waals surface area contributed by atoms with Crippen molar-refractivity contribution in [3.05, 3.63) is 77.1 Å². The van der Waals surface area contributed by atoms with Gasteiger partial charge >= 0.3 is 0 Å². The summed E-state index contributed by atoms with van der Waals surface area (Å²) >= 11 is 6.11. The topological polar surface area (TPSA) is 62.1 Å². The molecule has 25 heavy (non-hydrogen) atoms. The molecule has 2 aromatic rings. The Balaban J connectivity index is 2.17. The summed E-state index contributed by atoms with van der Waals surface area (Å²) in [7, 11) is 0. The van der Waals surface area contributed by atoms with E-state index in [0.717, 1.165) is 0 Å². The molecule has 0 heterocycles. The Bertz CT molecular complexity index is 855. The van der Waals surface area contributed by atoms with Crippen LogP contribution in [-0.2, 0) is 4.79 Å². The number of anilines is 1. The molecule has 0 aliphatic carbocycles. The summed E-state index contributed by atoms with van der Waals surface area (Å²) in [6, 6.07) is 12.0. The molecule has 6 heteroatoms. The van der Waals surface area contributed by atoms with Crippen LogP contribution in [0.15, 0.2) is 60.7 Å². The number of amides is 1. The number of nitrogens with zero attached hydrogens (tertiary/aromatic N) is 1. The second-order valence-corrected chi connectivity index (χ2v) is 5.33. The zero-order valence-corrected chi connectivity index (χ0v) is 13.9. The Morgan fingerprint density at radius 1 is 1.32 bits per heavy atom. The van der Waals surface area contributed by atoms with Gasteiger partial charge in [0.2, 0.25) is 0 Å². The van der Waals surface area contributed by atoms with Crippen molar-refractivity contribution in [2.45, 2.75) is 0 Å². The summed E-state index contributed by atoms with van der Waals surface area (Å²) in [4.78, 5) is 12.2. The predicted molar refractivity (Wildman–Crippen MR) is 95.8 cm³/mol. The molecular formula is C19H14ClFN2O2. The molecule has 4 nitrogen and oxygen atoms in total. The van der Waals surface area contributed by atoms with Crippen molar-refractivity contribution < 1.29 is 13.9 Å². The largest absolute Gasteiger partial charge is 0.488 e. The fraction of sp³-hybridized carbons (Fsp3) is 0.0526. The smallest absolute Gasteiger partial charge is 0.266 e. The molecule has 0 aliphatic rings. The molecular weight excluding hydrogens is 343 g/mol. The highest BCUT2D eigenvalue weighted by Gasteiger charge is 2.10. The molecule has 2 rings (SSSR count). The summed E-state index contributed by atoms with van der Waals surface area (Å²) in [5.41, 5.74) is 0.848. The van der Waals surface area contributed by atoms with Crippen LogP contribution in [0.3, 0.4) is 0 Å². The van der Waals surface area contributed by atoms with E-state index in [-0.39, 0.29) is 5.57 Å². The Labute approximate surface area is 149 Å². The van der Waals surface area contributed by atoms with Crippen LogP contribution in [0.1, 0.15) is 5.56 Å². The maximum Gasteiger partial charge on any atom is 0.266 e. The van der Waals surface area contributed by atoms with Crippen molar-refractivity contribution >= 4 is 29.3 Å². The lowest BCUT2D eigenvalue weighted by Gasteiger charge is -2.07. The van der Waals surface area contributed by atoms with Gasteiger partial charge in [-0.1, -0.05) is 30.3 Å². The van der Waals surface area contributed by atoms with Crippen molar-refractivity contribution in [2.24, 2.45) is 0 Å². The number of carbonyl (C=O) groups is 1. The normalized spacial score (nSPS) is 10.7. The maximum absolute atomic E-state index is 12.9. The average Bonchev–Trinajstić information content (AvgIpc) is 2.60. The lowest BCUT2D eigenvalue weighted by Crippen LogP contribution is -2.13. The molecule has 1 amide bonds. The SMILES string of the molecule is C=CCOc1ccc(/C=C(\C#N)C(=O)Nc2ccc(F)cc2)cc1Cl. The Morgan fingerprint density at radius 2 is 2.04 bits per heavy atom. The van der Waals surface area contributed by atoms with Gasteiger partial charge < -0.3 is 10.1 Å². The highest BCUT2D eigenvalue weighted by molar-refractivity contribution is 6.32. The number of hydrogen-bond donors (Lipinski definition) is 1. The van der Waals surface area contributed by atoms with Crippen molar-refractivity contribution in [1.29, 1.82) is 5.26 Å². The number of hydrogen-bond acceptors (Lipinski definition) is 3. The van der Waals surface area contributed by atoms with E-state index in [9.17, 15) is 14.4 Å². The summed E-state index contributed by atoms with van der Waals surface area (Å²) in [5.74, 6) is -0.535. The lowest BCUT2D eigenvalue weighted by molar-refractivity contribution is -0.112. The predicted octanol–water partition coefficient (Wildman–Crippen LogP) is 4.59. The molecule has 2 aromatic carbocycles. The van der Waals surface area contributed by atoms with E-state index < -0.39 is 11.7 Å². The van der Waals surface area contributed by atoms with Gasteiger partial charge in [-0.3, -0.25) is 4.79 Å². The third kappa shape index (κ3) is 5.20. The van der Waals surface area contributed by atoms with Crippen LogP contribution >= 0.6 is 11.6 Å². The second-order valence-electron chi connectivity index (χ2n) is 4.92. The van der Waals surface area contributed by atoms with E-state index in [4.69, 9.17) is 16.3 Å². The van der Waals surface area contributed by atoms with E-state index in [0.29, 0.717) is 28.6 Å². The molecule has 0 atom stereocenters. The minimum atomic E-state index is -0.600. The van der Waals surface area contributed by atoms with Gasteiger partial charge in [0.15, 0.2) is 0 Å². The summed E-state index contributed by atoms with van der Waals surface area (Å²) in [6.45, 7) is 3.87. The van der Waals surface area contributed by atoms with E-state index in [1.165, 1.54) is 30.3 Å². The third-order valence-electron chi connectivity index (χ3n) is 3.09. The first-order valence-electron chi connectivity index (χ1n) is 7.25. The van der Waals surface area contributed by atoms with Gasteiger partial charge in [0.25, 0.3) is 5.91 Å². The third-order valence-corrected chi connectivity index (χ3v) is 3.39. The number of nitriles is 1. The fourth-order valence-electron chi connectivity index (χ4n) is 1.92. The van der Waals surface area contributed by atoms with Crippen LogP contribution in [-0.4, -0.2) is 12.5 Å². The number of rotatable bonds is 6. The zero-order chi connectivity index (χ0) is 18.2. The zero-order valence-electron chi connectivity index (χ0n) is 13.1. The molecule has 0 saturated carbocycles. The summed E-state index contributed by atoms with van der Waals surface area (Å²) in [5, 5.41) is 12.1. The molecule has 0 spiro atoms. The van der Waals surface area contributed by atoms with Crippen molar-refractivity contribution in [1.82, 2.24) is 0 Å². The van der Waals surface area contributed by atoms with Crippen molar-refractivity contribution in [3.63, 3.8) is 0 Å². The number of carbonyl (C=O) groups excluding carboxylic acids is 1. The molecule has 0 aromatic heterocycles. The molecule has 0 fully saturated rings. The molecule has 1 N–H and O–H groups in total. The lowest BCUT2D eigenvalue weighted by atomic mass is 10.1. The van der Waals surface area contributed by atoms with Crippen molar-refractivity contribution in [2.75, 3.05) is 11.9 Å². The molecule has 126 valence electrons. The first-order valence-corrected chi connectivity index (χ1v) is 7.63. The van der Waals surface area contributed by atoms with Crippen LogP contribution in [0, 0.1) is 17.1 Å². The van der Waals surface area contributed by atoms with Gasteiger partial charge in [-0.15, -0.1) is 0 Å². The van der Waals surface area contributed by atoms with Crippen LogP contribution in [0.4, 0.5) is 10.1 Å². The molecule has 0 saturated heterocycles. The number of nitrogens with one attached hydrogen (secondary N) is 1. The standard InChI is InChI=1S/C19H14ClFN2O2/c1-2-9-25-18-8-3-13(11-17(18)20)10-14(12-22)19(24)23-16-6-4-15(21)5-7-16/h2-8,10-11H,1,9H2,(H,23,24)/b14-10+. The highest BCUT2D eigenvalue weighted by atomic mass is 35.5. The molecule has 0 radical (unpaired) electrons. The minimum Gasteiger partial charge on any atom is -0.488 e. The fourth-order valence-corrected chi connectivity index (χ4v) is 2.16. The van der Waals surface area contributed by atoms with E-state index in [1.807, 2.05) is 6.07 Å². The van der Waals surface area contributed by atoms with Gasteiger partial charge in [-0.05, 0) is 48.0 Å². The van der Waals surface area contributed by atoms with Crippen LogP contribution in [0.5, 0.6) is 5.75 Å². The van der Waals surface area contributed by atoms with Gasteiger partial charge in [0.05, 0.1) is 5.02 Å². The highest BCUT2D eigenvalue weighted by Crippen LogP contribution is 2.26. The summed E-state index contributed by atoms with van der Waals surface area (Å²) < 4.78 is 18.2. The number of benzene rings is 2. The van der Waals surface area contributed by atoms with E-state index >= 15 is 0 Å². The molecule has 0 aliphatic heterocycles. The van der Waals surface area contributed by atoms with Gasteiger partial charge in [-0.2, -0.15) is 5.26 Å². The average molecular weight is 357 g/mol. The second kappa shape index (κ2) is 8.67.